The van der Waals surface area contributed by atoms with Gasteiger partial charge in [0.05, 0.1) is 12.6 Å². The van der Waals surface area contributed by atoms with Crippen molar-refractivity contribution in [1.82, 2.24) is 10.6 Å². The van der Waals surface area contributed by atoms with Crippen molar-refractivity contribution in [2.75, 3.05) is 13.1 Å². The molecule has 5 heteroatoms. The Morgan fingerprint density at radius 1 is 1.53 bits per heavy atom. The molecule has 2 rings (SSSR count). The number of nitrogens with two attached hydrogens (primary N) is 1. The lowest BCUT2D eigenvalue weighted by Gasteiger charge is -2.10. The summed E-state index contributed by atoms with van der Waals surface area (Å²) in [6.45, 7) is 0.767. The molecule has 1 aromatic carbocycles. The van der Waals surface area contributed by atoms with Gasteiger partial charge in [-0.15, -0.1) is 0 Å². The van der Waals surface area contributed by atoms with Crippen LogP contribution in [0.15, 0.2) is 24.3 Å². The fourth-order valence-corrected chi connectivity index (χ4v) is 1.87. The SMILES string of the molecule is NCC#Cc1cccc(C(=O)NC2CNC(=O)C2)c1. The molecule has 1 aromatic rings. The van der Waals surface area contributed by atoms with Crippen LogP contribution >= 0.6 is 0 Å². The number of amides is 2. The van der Waals surface area contributed by atoms with Crippen LogP contribution in [0.5, 0.6) is 0 Å². The molecule has 5 nitrogen and oxygen atoms in total. The summed E-state index contributed by atoms with van der Waals surface area (Å²) in [4.78, 5) is 23.1. The van der Waals surface area contributed by atoms with Crippen molar-refractivity contribution >= 4 is 11.8 Å². The quantitative estimate of drug-likeness (QED) is 0.631. The first-order chi connectivity index (χ1) is 9.19. The van der Waals surface area contributed by atoms with E-state index in [-0.39, 0.29) is 24.4 Å². The van der Waals surface area contributed by atoms with Gasteiger partial charge in [-0.2, -0.15) is 0 Å². The predicted molar refractivity (Wildman–Crippen MR) is 71.3 cm³/mol. The molecule has 0 aromatic heterocycles. The molecular formula is C14H15N3O2. The summed E-state index contributed by atoms with van der Waals surface area (Å²) in [5.41, 5.74) is 6.58. The molecule has 19 heavy (non-hydrogen) atoms. The third-order valence-corrected chi connectivity index (χ3v) is 2.77. The summed E-state index contributed by atoms with van der Waals surface area (Å²) in [7, 11) is 0. The van der Waals surface area contributed by atoms with Gasteiger partial charge in [0.1, 0.15) is 0 Å². The zero-order valence-corrected chi connectivity index (χ0v) is 10.4. The van der Waals surface area contributed by atoms with Crippen LogP contribution in [-0.2, 0) is 4.79 Å². The Morgan fingerprint density at radius 2 is 2.37 bits per heavy atom. The predicted octanol–water partition coefficient (Wildman–Crippen LogP) is -0.385. The topological polar surface area (TPSA) is 84.2 Å². The van der Waals surface area contributed by atoms with Crippen molar-refractivity contribution in [3.8, 4) is 11.8 Å². The Morgan fingerprint density at radius 3 is 3.05 bits per heavy atom. The van der Waals surface area contributed by atoms with Crippen molar-refractivity contribution < 1.29 is 9.59 Å². The Bertz CT molecular complexity index is 557. The zero-order valence-electron chi connectivity index (χ0n) is 10.4. The highest BCUT2D eigenvalue weighted by atomic mass is 16.2. The molecule has 1 saturated heterocycles. The third kappa shape index (κ3) is 3.57. The van der Waals surface area contributed by atoms with Crippen LogP contribution in [0.1, 0.15) is 22.3 Å². The number of carbonyl (C=O) groups is 2. The zero-order chi connectivity index (χ0) is 13.7. The Balaban J connectivity index is 2.04. The van der Waals surface area contributed by atoms with Crippen LogP contribution < -0.4 is 16.4 Å². The van der Waals surface area contributed by atoms with Crippen molar-refractivity contribution in [3.05, 3.63) is 35.4 Å². The van der Waals surface area contributed by atoms with Gasteiger partial charge in [0.25, 0.3) is 5.91 Å². The summed E-state index contributed by atoms with van der Waals surface area (Å²) < 4.78 is 0. The highest BCUT2D eigenvalue weighted by molar-refractivity contribution is 5.95. The van der Waals surface area contributed by atoms with E-state index in [0.29, 0.717) is 18.5 Å². The molecule has 2 amide bonds. The van der Waals surface area contributed by atoms with Crippen molar-refractivity contribution in [1.29, 1.82) is 0 Å². The standard InChI is InChI=1S/C14H15N3O2/c15-6-2-4-10-3-1-5-11(7-10)14(19)17-12-8-13(18)16-9-12/h1,3,5,7,12H,6,8-9,15H2,(H,16,18)(H,17,19). The molecule has 0 bridgehead atoms. The molecule has 4 N–H and O–H groups in total. The summed E-state index contributed by atoms with van der Waals surface area (Å²) >= 11 is 0. The minimum Gasteiger partial charge on any atom is -0.354 e. The largest absolute Gasteiger partial charge is 0.354 e. The minimum absolute atomic E-state index is 0.0344. The van der Waals surface area contributed by atoms with Crippen LogP contribution in [0.4, 0.5) is 0 Å². The van der Waals surface area contributed by atoms with E-state index in [1.165, 1.54) is 0 Å². The second kappa shape index (κ2) is 6.03. The Kier molecular flexibility index (Phi) is 4.16. The van der Waals surface area contributed by atoms with Crippen LogP contribution in [-0.4, -0.2) is 30.9 Å². The summed E-state index contributed by atoms with van der Waals surface area (Å²) in [5, 5.41) is 5.49. The number of hydrogen-bond acceptors (Lipinski definition) is 3. The second-order valence-electron chi connectivity index (χ2n) is 4.27. The Labute approximate surface area is 111 Å². The van der Waals surface area contributed by atoms with E-state index < -0.39 is 0 Å². The number of nitrogens with one attached hydrogen (secondary N) is 2. The molecule has 1 unspecified atom stereocenters. The molecular weight excluding hydrogens is 242 g/mol. The van der Waals surface area contributed by atoms with Crippen molar-refractivity contribution in [2.45, 2.75) is 12.5 Å². The fourth-order valence-electron chi connectivity index (χ4n) is 1.87. The molecule has 0 saturated carbocycles. The van der Waals surface area contributed by atoms with Gasteiger partial charge >= 0.3 is 0 Å². The number of hydrogen-bond donors (Lipinski definition) is 3. The highest BCUT2D eigenvalue weighted by Crippen LogP contribution is 2.06. The average Bonchev–Trinajstić information content (AvgIpc) is 2.82. The first kappa shape index (κ1) is 13.1. The number of benzene rings is 1. The van der Waals surface area contributed by atoms with Gasteiger partial charge in [-0.1, -0.05) is 17.9 Å². The average molecular weight is 257 g/mol. The maximum Gasteiger partial charge on any atom is 0.251 e. The number of rotatable bonds is 2. The summed E-state index contributed by atoms with van der Waals surface area (Å²) in [6, 6.07) is 6.88. The second-order valence-corrected chi connectivity index (χ2v) is 4.27. The van der Waals surface area contributed by atoms with Crippen molar-refractivity contribution in [3.63, 3.8) is 0 Å². The van der Waals surface area contributed by atoms with E-state index in [2.05, 4.69) is 22.5 Å². The molecule has 0 radical (unpaired) electrons. The fraction of sp³-hybridized carbons (Fsp3) is 0.286. The lowest BCUT2D eigenvalue weighted by atomic mass is 10.1. The van der Waals surface area contributed by atoms with Crippen LogP contribution in [0, 0.1) is 11.8 Å². The van der Waals surface area contributed by atoms with Crippen LogP contribution in [0.25, 0.3) is 0 Å². The molecule has 1 fully saturated rings. The first-order valence-corrected chi connectivity index (χ1v) is 6.05. The van der Waals surface area contributed by atoms with E-state index in [1.54, 1.807) is 18.2 Å². The normalized spacial score (nSPS) is 17.3. The summed E-state index contributed by atoms with van der Waals surface area (Å²) in [6.07, 6.45) is 0.332. The van der Waals surface area contributed by atoms with Crippen LogP contribution in [0.3, 0.4) is 0 Å². The van der Waals surface area contributed by atoms with Crippen molar-refractivity contribution in [2.24, 2.45) is 5.73 Å². The van der Waals surface area contributed by atoms with E-state index in [9.17, 15) is 9.59 Å². The molecule has 1 aliphatic rings. The Hall–Kier alpha value is -2.32. The third-order valence-electron chi connectivity index (χ3n) is 2.77. The van der Waals surface area contributed by atoms with E-state index >= 15 is 0 Å². The molecule has 1 atom stereocenters. The molecule has 1 aliphatic heterocycles. The van der Waals surface area contributed by atoms with E-state index in [4.69, 9.17) is 5.73 Å². The highest BCUT2D eigenvalue weighted by Gasteiger charge is 2.23. The van der Waals surface area contributed by atoms with E-state index in [0.717, 1.165) is 5.56 Å². The van der Waals surface area contributed by atoms with Gasteiger partial charge in [-0.3, -0.25) is 9.59 Å². The smallest absolute Gasteiger partial charge is 0.251 e. The first-order valence-electron chi connectivity index (χ1n) is 6.05. The minimum atomic E-state index is -0.196. The molecule has 1 heterocycles. The molecule has 0 spiro atoms. The van der Waals surface area contributed by atoms with Gasteiger partial charge in [-0.25, -0.2) is 0 Å². The van der Waals surface area contributed by atoms with Gasteiger partial charge < -0.3 is 16.4 Å². The van der Waals surface area contributed by atoms with E-state index in [1.807, 2.05) is 6.07 Å². The monoisotopic (exact) mass is 257 g/mol. The van der Waals surface area contributed by atoms with Gasteiger partial charge in [0, 0.05) is 24.1 Å². The molecule has 98 valence electrons. The van der Waals surface area contributed by atoms with Gasteiger partial charge in [-0.05, 0) is 18.2 Å². The molecule has 0 aliphatic carbocycles. The lowest BCUT2D eigenvalue weighted by Crippen LogP contribution is -2.36. The van der Waals surface area contributed by atoms with Gasteiger partial charge in [0.15, 0.2) is 0 Å². The maximum absolute atomic E-state index is 12.0. The van der Waals surface area contributed by atoms with Crippen LogP contribution in [0.2, 0.25) is 0 Å². The maximum atomic E-state index is 12.0. The lowest BCUT2D eigenvalue weighted by molar-refractivity contribution is -0.119. The van der Waals surface area contributed by atoms with Gasteiger partial charge in [0.2, 0.25) is 5.91 Å². The number of carbonyl (C=O) groups excluding carboxylic acids is 2. The summed E-state index contributed by atoms with van der Waals surface area (Å²) in [5.74, 6) is 5.39.